The van der Waals surface area contributed by atoms with Gasteiger partial charge in [-0.3, -0.25) is 0 Å². The van der Waals surface area contributed by atoms with Crippen LogP contribution in [-0.4, -0.2) is 24.4 Å². The molecule has 0 saturated heterocycles. The molecule has 0 aliphatic heterocycles. The molecule has 1 N–H and O–H groups in total. The fraction of sp³-hybridized carbons (Fsp3) is 0.486. The maximum absolute atomic E-state index is 10.8. The molecule has 0 fully saturated rings. The van der Waals surface area contributed by atoms with Gasteiger partial charge in [0.15, 0.2) is 0 Å². The fourth-order valence-corrected chi connectivity index (χ4v) is 5.86. The summed E-state index contributed by atoms with van der Waals surface area (Å²) >= 11 is 0. The third-order valence-corrected chi connectivity index (χ3v) is 8.91. The molecule has 0 bridgehead atoms. The van der Waals surface area contributed by atoms with Crippen molar-refractivity contribution >= 4 is 0 Å². The van der Waals surface area contributed by atoms with Crippen molar-refractivity contribution in [3.63, 3.8) is 0 Å². The molecular formula is C35H48O3. The van der Waals surface area contributed by atoms with E-state index in [0.717, 1.165) is 44.9 Å². The average Bonchev–Trinajstić information content (AvgIpc) is 2.94. The second-order valence-corrected chi connectivity index (χ2v) is 10.8. The second-order valence-electron chi connectivity index (χ2n) is 10.8. The standard InChI is InChI=1S/C35H48O3/c1-8-34(36,9-2)22-20-29-16-17-31(24-26(29)5)35(10-3,11-4)32-18-19-33(27(6)25-32)30-14-12-28(13-15-30)21-23-38-37-7/h12-19,24-25,36H,8-11,20-23H2,1-7H3. The first-order valence-corrected chi connectivity index (χ1v) is 14.4. The number of aryl methyl sites for hydroxylation is 3. The van der Waals surface area contributed by atoms with E-state index < -0.39 is 5.60 Å². The molecule has 0 aromatic heterocycles. The van der Waals surface area contributed by atoms with Crippen molar-refractivity contribution in [2.75, 3.05) is 13.7 Å². The molecule has 0 saturated carbocycles. The molecule has 3 aromatic rings. The highest BCUT2D eigenvalue weighted by molar-refractivity contribution is 5.68. The number of benzene rings is 3. The first kappa shape index (κ1) is 30.1. The summed E-state index contributed by atoms with van der Waals surface area (Å²) in [6.07, 6.45) is 6.26. The Hall–Kier alpha value is -2.46. The van der Waals surface area contributed by atoms with Gasteiger partial charge in [-0.05, 0) is 103 Å². The van der Waals surface area contributed by atoms with E-state index in [2.05, 4.69) is 102 Å². The Kier molecular flexibility index (Phi) is 10.7. The summed E-state index contributed by atoms with van der Waals surface area (Å²) in [6, 6.07) is 22.8. The van der Waals surface area contributed by atoms with Crippen molar-refractivity contribution in [3.05, 3.63) is 94.0 Å². The largest absolute Gasteiger partial charge is 0.390 e. The van der Waals surface area contributed by atoms with Gasteiger partial charge in [0, 0.05) is 5.41 Å². The molecule has 0 atom stereocenters. The summed E-state index contributed by atoms with van der Waals surface area (Å²) in [4.78, 5) is 9.71. The van der Waals surface area contributed by atoms with E-state index in [1.54, 1.807) is 7.11 Å². The van der Waals surface area contributed by atoms with E-state index in [4.69, 9.17) is 9.78 Å². The summed E-state index contributed by atoms with van der Waals surface area (Å²) in [7, 11) is 1.54. The van der Waals surface area contributed by atoms with Crippen LogP contribution in [-0.2, 0) is 28.0 Å². The predicted octanol–water partition coefficient (Wildman–Crippen LogP) is 8.68. The van der Waals surface area contributed by atoms with Crippen LogP contribution in [0.5, 0.6) is 0 Å². The Morgan fingerprint density at radius 3 is 1.84 bits per heavy atom. The molecule has 0 radical (unpaired) electrons. The number of rotatable bonds is 14. The number of hydrogen-bond donors (Lipinski definition) is 1. The average molecular weight is 517 g/mol. The SMILES string of the molecule is CCC(O)(CC)CCc1ccc(C(CC)(CC)c2ccc(-c3ccc(CCOOC)cc3)c(C)c2)cc1C. The van der Waals surface area contributed by atoms with Crippen LogP contribution in [0.4, 0.5) is 0 Å². The van der Waals surface area contributed by atoms with Crippen molar-refractivity contribution in [1.29, 1.82) is 0 Å². The maximum Gasteiger partial charge on any atom is 0.0862 e. The molecule has 3 aromatic carbocycles. The lowest BCUT2D eigenvalue weighted by molar-refractivity contribution is -0.271. The van der Waals surface area contributed by atoms with Crippen molar-refractivity contribution in [2.45, 2.75) is 97.5 Å². The Morgan fingerprint density at radius 1 is 0.711 bits per heavy atom. The molecule has 3 rings (SSSR count). The lowest BCUT2D eigenvalue weighted by Gasteiger charge is -2.34. The van der Waals surface area contributed by atoms with E-state index in [0.29, 0.717) is 6.61 Å². The van der Waals surface area contributed by atoms with Gasteiger partial charge in [0.2, 0.25) is 0 Å². The van der Waals surface area contributed by atoms with Crippen LogP contribution in [0.3, 0.4) is 0 Å². The van der Waals surface area contributed by atoms with E-state index in [1.165, 1.54) is 44.5 Å². The van der Waals surface area contributed by atoms with Crippen molar-refractivity contribution in [2.24, 2.45) is 0 Å². The molecule has 206 valence electrons. The first-order chi connectivity index (χ1) is 18.3. The third-order valence-electron chi connectivity index (χ3n) is 8.91. The van der Waals surface area contributed by atoms with Gasteiger partial charge in [-0.2, -0.15) is 0 Å². The molecule has 3 nitrogen and oxygen atoms in total. The lowest BCUT2D eigenvalue weighted by Crippen LogP contribution is -2.28. The van der Waals surface area contributed by atoms with Crippen LogP contribution in [0.25, 0.3) is 11.1 Å². The number of hydrogen-bond acceptors (Lipinski definition) is 3. The summed E-state index contributed by atoms with van der Waals surface area (Å²) in [5, 5.41) is 10.8. The van der Waals surface area contributed by atoms with Crippen LogP contribution in [0, 0.1) is 13.8 Å². The third kappa shape index (κ3) is 6.75. The quantitative estimate of drug-likeness (QED) is 0.132. The Bertz CT molecular complexity index is 1150. The van der Waals surface area contributed by atoms with E-state index in [1.807, 2.05) is 0 Å². The highest BCUT2D eigenvalue weighted by Crippen LogP contribution is 2.41. The fourth-order valence-electron chi connectivity index (χ4n) is 5.86. The highest BCUT2D eigenvalue weighted by atomic mass is 17.2. The van der Waals surface area contributed by atoms with Gasteiger partial charge < -0.3 is 5.11 Å². The van der Waals surface area contributed by atoms with Gasteiger partial charge in [0.1, 0.15) is 0 Å². The Labute approximate surface area is 231 Å². The minimum atomic E-state index is -0.556. The van der Waals surface area contributed by atoms with E-state index in [-0.39, 0.29) is 5.41 Å². The molecule has 0 spiro atoms. The van der Waals surface area contributed by atoms with Crippen LogP contribution >= 0.6 is 0 Å². The van der Waals surface area contributed by atoms with Crippen molar-refractivity contribution in [1.82, 2.24) is 0 Å². The molecule has 38 heavy (non-hydrogen) atoms. The molecule has 0 aliphatic rings. The van der Waals surface area contributed by atoms with Crippen LogP contribution in [0.2, 0.25) is 0 Å². The predicted molar refractivity (Wildman–Crippen MR) is 160 cm³/mol. The highest BCUT2D eigenvalue weighted by Gasteiger charge is 2.31. The Morgan fingerprint density at radius 2 is 1.32 bits per heavy atom. The van der Waals surface area contributed by atoms with Crippen molar-refractivity contribution < 1.29 is 14.9 Å². The van der Waals surface area contributed by atoms with Gasteiger partial charge >= 0.3 is 0 Å². The van der Waals surface area contributed by atoms with Gasteiger partial charge in [-0.25, -0.2) is 9.78 Å². The lowest BCUT2D eigenvalue weighted by atomic mass is 9.69. The summed E-state index contributed by atoms with van der Waals surface area (Å²) in [6.45, 7) is 13.8. The Balaban J connectivity index is 1.87. The van der Waals surface area contributed by atoms with Gasteiger partial charge in [0.25, 0.3) is 0 Å². The zero-order valence-electron chi connectivity index (χ0n) is 24.7. The molecular weight excluding hydrogens is 468 g/mol. The molecule has 0 aliphatic carbocycles. The monoisotopic (exact) mass is 516 g/mol. The van der Waals surface area contributed by atoms with Crippen LogP contribution < -0.4 is 0 Å². The topological polar surface area (TPSA) is 38.7 Å². The van der Waals surface area contributed by atoms with E-state index >= 15 is 0 Å². The smallest absolute Gasteiger partial charge is 0.0862 e. The van der Waals surface area contributed by atoms with Crippen molar-refractivity contribution in [3.8, 4) is 11.1 Å². The minimum absolute atomic E-state index is 0.0225. The minimum Gasteiger partial charge on any atom is -0.390 e. The number of aliphatic hydroxyl groups is 1. The first-order valence-electron chi connectivity index (χ1n) is 14.4. The summed E-state index contributed by atoms with van der Waals surface area (Å²) < 4.78 is 0. The second kappa shape index (κ2) is 13.6. The molecule has 0 unspecified atom stereocenters. The summed E-state index contributed by atoms with van der Waals surface area (Å²) in [5.74, 6) is 0. The van der Waals surface area contributed by atoms with Gasteiger partial charge in [0.05, 0.1) is 19.3 Å². The van der Waals surface area contributed by atoms with Crippen LogP contribution in [0.1, 0.15) is 93.2 Å². The zero-order valence-corrected chi connectivity index (χ0v) is 24.7. The zero-order chi connectivity index (χ0) is 27.8. The van der Waals surface area contributed by atoms with Gasteiger partial charge in [-0.1, -0.05) is 88.4 Å². The molecule has 0 heterocycles. The normalized spacial score (nSPS) is 12.2. The molecule has 0 amide bonds. The maximum atomic E-state index is 10.8. The van der Waals surface area contributed by atoms with Gasteiger partial charge in [-0.15, -0.1) is 0 Å². The summed E-state index contributed by atoms with van der Waals surface area (Å²) in [5.41, 5.74) is 9.93. The van der Waals surface area contributed by atoms with Crippen LogP contribution in [0.15, 0.2) is 60.7 Å². The van der Waals surface area contributed by atoms with E-state index in [9.17, 15) is 5.11 Å². The molecule has 3 heteroatoms.